The van der Waals surface area contributed by atoms with Gasteiger partial charge in [-0.2, -0.15) is 0 Å². The van der Waals surface area contributed by atoms with Crippen molar-refractivity contribution in [3.8, 4) is 5.75 Å². The van der Waals surface area contributed by atoms with Crippen LogP contribution in [-0.4, -0.2) is 44.9 Å². The predicted molar refractivity (Wildman–Crippen MR) is 128 cm³/mol. The Morgan fingerprint density at radius 3 is 2.53 bits per heavy atom. The molecule has 9 heteroatoms. The van der Waals surface area contributed by atoms with Crippen LogP contribution in [0.15, 0.2) is 36.4 Å². The van der Waals surface area contributed by atoms with Crippen LogP contribution in [0.1, 0.15) is 29.5 Å². The van der Waals surface area contributed by atoms with Crippen LogP contribution < -0.4 is 10.1 Å². The highest BCUT2D eigenvalue weighted by molar-refractivity contribution is 7.88. The Morgan fingerprint density at radius 1 is 1.12 bits per heavy atom. The molecule has 0 aromatic heterocycles. The lowest BCUT2D eigenvalue weighted by Crippen LogP contribution is -2.43. The van der Waals surface area contributed by atoms with E-state index in [9.17, 15) is 13.2 Å². The van der Waals surface area contributed by atoms with Crippen molar-refractivity contribution in [1.29, 1.82) is 0 Å². The molecule has 1 heterocycles. The topological polar surface area (TPSA) is 75.7 Å². The molecule has 0 saturated carbocycles. The van der Waals surface area contributed by atoms with Crippen LogP contribution in [0.5, 0.6) is 5.75 Å². The first-order chi connectivity index (χ1) is 15.2. The van der Waals surface area contributed by atoms with Gasteiger partial charge >= 0.3 is 0 Å². The maximum absolute atomic E-state index is 12.8. The first-order valence-electron chi connectivity index (χ1n) is 10.6. The number of halogens is 2. The molecule has 0 spiro atoms. The molecule has 2 aromatic carbocycles. The lowest BCUT2D eigenvalue weighted by molar-refractivity contribution is -0.126. The van der Waals surface area contributed by atoms with E-state index in [1.54, 1.807) is 18.2 Å². The SMILES string of the molecule is Cc1cccc(OCCNC(=O)C2CCN(S(=O)(=O)Cc3ccc(Cl)c(Cl)c3)CC2)c1C. The molecule has 1 saturated heterocycles. The smallest absolute Gasteiger partial charge is 0.223 e. The number of nitrogens with one attached hydrogen (secondary N) is 1. The molecule has 0 unspecified atom stereocenters. The van der Waals surface area contributed by atoms with Gasteiger partial charge in [0.05, 0.1) is 22.3 Å². The molecule has 1 amide bonds. The number of piperidine rings is 1. The third-order valence-corrected chi connectivity index (χ3v) is 8.35. The molecular weight excluding hydrogens is 471 g/mol. The second-order valence-corrected chi connectivity index (χ2v) is 10.8. The molecule has 174 valence electrons. The quantitative estimate of drug-likeness (QED) is 0.549. The molecule has 0 atom stereocenters. The lowest BCUT2D eigenvalue weighted by Gasteiger charge is -2.30. The zero-order chi connectivity index (χ0) is 23.3. The van der Waals surface area contributed by atoms with Crippen molar-refractivity contribution in [1.82, 2.24) is 9.62 Å². The largest absolute Gasteiger partial charge is 0.491 e. The van der Waals surface area contributed by atoms with E-state index in [4.69, 9.17) is 27.9 Å². The van der Waals surface area contributed by atoms with Crippen molar-refractivity contribution in [2.75, 3.05) is 26.2 Å². The number of hydrogen-bond acceptors (Lipinski definition) is 4. The van der Waals surface area contributed by atoms with Gasteiger partial charge in [-0.05, 0) is 61.6 Å². The van der Waals surface area contributed by atoms with Gasteiger partial charge in [0.2, 0.25) is 15.9 Å². The first kappa shape index (κ1) is 24.8. The summed E-state index contributed by atoms with van der Waals surface area (Å²) in [6.07, 6.45) is 0.981. The van der Waals surface area contributed by atoms with Crippen LogP contribution in [0.2, 0.25) is 10.0 Å². The van der Waals surface area contributed by atoms with E-state index in [0.717, 1.165) is 16.9 Å². The second-order valence-electron chi connectivity index (χ2n) is 8.02. The molecule has 1 aliphatic heterocycles. The molecule has 0 bridgehead atoms. The van der Waals surface area contributed by atoms with E-state index in [1.165, 1.54) is 4.31 Å². The molecule has 32 heavy (non-hydrogen) atoms. The number of hydrogen-bond donors (Lipinski definition) is 1. The Kier molecular flexibility index (Phi) is 8.44. The molecular formula is C23H28Cl2N2O4S. The Hall–Kier alpha value is -1.80. The van der Waals surface area contributed by atoms with Gasteiger partial charge < -0.3 is 10.1 Å². The van der Waals surface area contributed by atoms with Crippen LogP contribution in [0.4, 0.5) is 0 Å². The molecule has 0 aliphatic carbocycles. The van der Waals surface area contributed by atoms with Gasteiger partial charge in [-0.1, -0.05) is 41.4 Å². The van der Waals surface area contributed by atoms with Crippen LogP contribution >= 0.6 is 23.2 Å². The summed E-state index contributed by atoms with van der Waals surface area (Å²) in [4.78, 5) is 12.5. The molecule has 1 aliphatic rings. The van der Waals surface area contributed by atoms with Crippen molar-refractivity contribution >= 4 is 39.1 Å². The predicted octanol–water partition coefficient (Wildman–Crippen LogP) is 4.35. The number of nitrogens with zero attached hydrogens (tertiary/aromatic N) is 1. The maximum atomic E-state index is 12.8. The Labute approximate surface area is 199 Å². The molecule has 1 fully saturated rings. The van der Waals surface area contributed by atoms with Crippen LogP contribution in [-0.2, 0) is 20.6 Å². The van der Waals surface area contributed by atoms with E-state index in [-0.39, 0.29) is 17.6 Å². The molecule has 1 N–H and O–H groups in total. The van der Waals surface area contributed by atoms with Crippen molar-refractivity contribution < 1.29 is 17.9 Å². The monoisotopic (exact) mass is 498 g/mol. The van der Waals surface area contributed by atoms with Crippen LogP contribution in [0.25, 0.3) is 0 Å². The Morgan fingerprint density at radius 2 is 1.84 bits per heavy atom. The van der Waals surface area contributed by atoms with Gasteiger partial charge in [0.15, 0.2) is 0 Å². The molecule has 0 radical (unpaired) electrons. The fourth-order valence-corrected chi connectivity index (χ4v) is 5.56. The summed E-state index contributed by atoms with van der Waals surface area (Å²) in [6.45, 7) is 5.46. The summed E-state index contributed by atoms with van der Waals surface area (Å²) in [5, 5.41) is 3.62. The average molecular weight is 499 g/mol. The number of rotatable bonds is 8. The van der Waals surface area contributed by atoms with Crippen molar-refractivity contribution in [3.63, 3.8) is 0 Å². The van der Waals surface area contributed by atoms with Gasteiger partial charge in [0, 0.05) is 19.0 Å². The third-order valence-electron chi connectivity index (χ3n) is 5.76. The van der Waals surface area contributed by atoms with Crippen LogP contribution in [0.3, 0.4) is 0 Å². The number of sulfonamides is 1. The highest BCUT2D eigenvalue weighted by atomic mass is 35.5. The highest BCUT2D eigenvalue weighted by Gasteiger charge is 2.31. The zero-order valence-corrected chi connectivity index (χ0v) is 20.6. The van der Waals surface area contributed by atoms with Gasteiger partial charge in [-0.15, -0.1) is 0 Å². The normalized spacial score (nSPS) is 15.5. The van der Waals surface area contributed by atoms with Gasteiger partial charge in [-0.3, -0.25) is 4.79 Å². The Bertz CT molecular complexity index is 1070. The summed E-state index contributed by atoms with van der Waals surface area (Å²) < 4.78 is 32.7. The fraction of sp³-hybridized carbons (Fsp3) is 0.435. The van der Waals surface area contributed by atoms with Gasteiger partial charge in [0.25, 0.3) is 0 Å². The summed E-state index contributed by atoms with van der Waals surface area (Å²) in [5.74, 6) is 0.416. The summed E-state index contributed by atoms with van der Waals surface area (Å²) in [6, 6.07) is 10.7. The number of benzene rings is 2. The van der Waals surface area contributed by atoms with E-state index < -0.39 is 10.0 Å². The minimum absolute atomic E-state index is 0.0592. The van der Waals surface area contributed by atoms with Crippen molar-refractivity contribution in [3.05, 3.63) is 63.1 Å². The fourth-order valence-electron chi connectivity index (χ4n) is 3.69. The molecule has 2 aromatic rings. The number of ether oxygens (including phenoxy) is 1. The van der Waals surface area contributed by atoms with Crippen LogP contribution in [0, 0.1) is 19.8 Å². The lowest BCUT2D eigenvalue weighted by atomic mass is 9.97. The minimum Gasteiger partial charge on any atom is -0.491 e. The van der Waals surface area contributed by atoms with E-state index in [2.05, 4.69) is 5.32 Å². The number of aryl methyl sites for hydroxylation is 1. The summed E-state index contributed by atoms with van der Waals surface area (Å²) >= 11 is 11.9. The van der Waals surface area contributed by atoms with E-state index in [0.29, 0.717) is 54.7 Å². The first-order valence-corrected chi connectivity index (χ1v) is 12.9. The van der Waals surface area contributed by atoms with Crippen molar-refractivity contribution in [2.24, 2.45) is 5.92 Å². The average Bonchev–Trinajstić information content (AvgIpc) is 2.76. The minimum atomic E-state index is -3.49. The summed E-state index contributed by atoms with van der Waals surface area (Å²) in [7, 11) is -3.49. The number of amides is 1. The van der Waals surface area contributed by atoms with Gasteiger partial charge in [-0.25, -0.2) is 12.7 Å². The Balaban J connectivity index is 1.43. The molecule has 3 rings (SSSR count). The molecule has 6 nitrogen and oxygen atoms in total. The van der Waals surface area contributed by atoms with Crippen molar-refractivity contribution in [2.45, 2.75) is 32.4 Å². The van der Waals surface area contributed by atoms with Gasteiger partial charge in [0.1, 0.15) is 12.4 Å². The second kappa shape index (κ2) is 10.9. The number of carbonyl (C=O) groups is 1. The maximum Gasteiger partial charge on any atom is 0.223 e. The zero-order valence-electron chi connectivity index (χ0n) is 18.2. The standard InChI is InChI=1S/C23H28Cl2N2O4S/c1-16-4-3-5-22(17(16)2)31-13-10-26-23(28)19-8-11-27(12-9-19)32(29,30)15-18-6-7-20(24)21(25)14-18/h3-7,14,19H,8-13,15H2,1-2H3,(H,26,28). The third kappa shape index (κ3) is 6.38. The van der Waals surface area contributed by atoms with E-state index in [1.807, 2.05) is 32.0 Å². The van der Waals surface area contributed by atoms with E-state index >= 15 is 0 Å². The highest BCUT2D eigenvalue weighted by Crippen LogP contribution is 2.26. The summed E-state index contributed by atoms with van der Waals surface area (Å²) in [5.41, 5.74) is 2.84. The number of carbonyl (C=O) groups excluding carboxylic acids is 1.